The lowest BCUT2D eigenvalue weighted by Crippen LogP contribution is -1.92. The summed E-state index contributed by atoms with van der Waals surface area (Å²) in [4.78, 5) is -0.0710. The Kier molecular flexibility index (Phi) is 2.83. The van der Waals surface area contributed by atoms with E-state index in [4.69, 9.17) is 22.3 Å². The second kappa shape index (κ2) is 4.00. The number of aromatic amines is 1. The van der Waals surface area contributed by atoms with E-state index in [2.05, 4.69) is 20.6 Å². The van der Waals surface area contributed by atoms with E-state index in [1.807, 2.05) is 0 Å². The summed E-state index contributed by atoms with van der Waals surface area (Å²) in [6.07, 6.45) is 0. The van der Waals surface area contributed by atoms with Gasteiger partial charge in [-0.2, -0.15) is 5.21 Å². The highest BCUT2D eigenvalue weighted by molar-refractivity contribution is 8.13. The van der Waals surface area contributed by atoms with Crippen molar-refractivity contribution in [3.8, 4) is 11.4 Å². The van der Waals surface area contributed by atoms with Crippen LogP contribution in [0.1, 0.15) is 0 Å². The highest BCUT2D eigenvalue weighted by Crippen LogP contribution is 2.28. The van der Waals surface area contributed by atoms with Crippen LogP contribution in [0.15, 0.2) is 23.1 Å². The first-order chi connectivity index (χ1) is 7.48. The number of hydrogen-bond acceptors (Lipinski definition) is 5. The molecule has 1 heterocycles. The van der Waals surface area contributed by atoms with Crippen LogP contribution in [0.5, 0.6) is 0 Å². The minimum absolute atomic E-state index is 0.0710. The van der Waals surface area contributed by atoms with Gasteiger partial charge < -0.3 is 0 Å². The first-order valence-electron chi connectivity index (χ1n) is 3.96. The zero-order valence-electron chi connectivity index (χ0n) is 7.55. The molecule has 6 nitrogen and oxygen atoms in total. The number of rotatable bonds is 2. The number of benzene rings is 1. The molecule has 0 radical (unpaired) electrons. The molecule has 0 saturated heterocycles. The number of aromatic nitrogens is 4. The number of hydrogen-bond donors (Lipinski definition) is 1. The predicted octanol–water partition coefficient (Wildman–Crippen LogP) is 1.45. The molecular formula is C7H4Cl2N4O2S. The maximum absolute atomic E-state index is 11.1. The average Bonchev–Trinajstić information content (AvgIpc) is 2.69. The molecule has 1 N–H and O–H groups in total. The summed E-state index contributed by atoms with van der Waals surface area (Å²) >= 11 is 5.88. The van der Waals surface area contributed by atoms with E-state index in [0.29, 0.717) is 10.6 Å². The van der Waals surface area contributed by atoms with Gasteiger partial charge in [0.1, 0.15) is 0 Å². The van der Waals surface area contributed by atoms with Crippen molar-refractivity contribution in [2.45, 2.75) is 4.90 Å². The fourth-order valence-electron chi connectivity index (χ4n) is 1.10. The van der Waals surface area contributed by atoms with Crippen LogP contribution in [0.3, 0.4) is 0 Å². The zero-order valence-corrected chi connectivity index (χ0v) is 9.88. The second-order valence-electron chi connectivity index (χ2n) is 2.81. The Bertz CT molecular complexity index is 611. The number of nitrogens with zero attached hydrogens (tertiary/aromatic N) is 3. The van der Waals surface area contributed by atoms with Crippen LogP contribution >= 0.6 is 22.3 Å². The number of nitrogens with one attached hydrogen (secondary N) is 1. The molecule has 0 atom stereocenters. The molecule has 1 aromatic carbocycles. The first-order valence-corrected chi connectivity index (χ1v) is 6.65. The molecule has 2 aromatic rings. The van der Waals surface area contributed by atoms with Crippen molar-refractivity contribution in [2.75, 3.05) is 0 Å². The molecule has 0 bridgehead atoms. The minimum atomic E-state index is -3.81. The minimum Gasteiger partial charge on any atom is -0.207 e. The fraction of sp³-hybridized carbons (Fsp3) is 0. The molecule has 0 aliphatic rings. The van der Waals surface area contributed by atoms with Crippen molar-refractivity contribution in [2.24, 2.45) is 0 Å². The predicted molar refractivity (Wildman–Crippen MR) is 57.7 cm³/mol. The van der Waals surface area contributed by atoms with Crippen LogP contribution in [-0.4, -0.2) is 29.0 Å². The van der Waals surface area contributed by atoms with Gasteiger partial charge >= 0.3 is 0 Å². The Labute approximate surface area is 100.0 Å². The van der Waals surface area contributed by atoms with Gasteiger partial charge in [0, 0.05) is 16.2 Å². The SMILES string of the molecule is O=S(=O)(Cl)c1ccc(Cl)c(-c2nn[nH]n2)c1. The van der Waals surface area contributed by atoms with Crippen molar-refractivity contribution in [3.05, 3.63) is 23.2 Å². The Morgan fingerprint density at radius 1 is 1.31 bits per heavy atom. The van der Waals surface area contributed by atoms with Crippen molar-refractivity contribution in [1.29, 1.82) is 0 Å². The van der Waals surface area contributed by atoms with E-state index in [-0.39, 0.29) is 10.7 Å². The quantitative estimate of drug-likeness (QED) is 0.840. The average molecular weight is 279 g/mol. The Morgan fingerprint density at radius 2 is 2.06 bits per heavy atom. The van der Waals surface area contributed by atoms with Crippen LogP contribution < -0.4 is 0 Å². The van der Waals surface area contributed by atoms with Crippen molar-refractivity contribution in [3.63, 3.8) is 0 Å². The normalized spacial score (nSPS) is 11.6. The number of H-pyrrole nitrogens is 1. The smallest absolute Gasteiger partial charge is 0.207 e. The summed E-state index contributed by atoms with van der Waals surface area (Å²) in [6.45, 7) is 0. The lowest BCUT2D eigenvalue weighted by atomic mass is 10.2. The van der Waals surface area contributed by atoms with E-state index < -0.39 is 9.05 Å². The van der Waals surface area contributed by atoms with Gasteiger partial charge in [0.15, 0.2) is 0 Å². The van der Waals surface area contributed by atoms with Crippen LogP contribution in [0.2, 0.25) is 5.02 Å². The molecule has 9 heteroatoms. The topological polar surface area (TPSA) is 88.6 Å². The van der Waals surface area contributed by atoms with Crippen molar-refractivity contribution < 1.29 is 8.42 Å². The molecular weight excluding hydrogens is 275 g/mol. The van der Waals surface area contributed by atoms with Gasteiger partial charge in [-0.1, -0.05) is 11.6 Å². The highest BCUT2D eigenvalue weighted by atomic mass is 35.7. The van der Waals surface area contributed by atoms with Crippen LogP contribution in [0, 0.1) is 0 Å². The van der Waals surface area contributed by atoms with Gasteiger partial charge in [-0.15, -0.1) is 10.2 Å². The van der Waals surface area contributed by atoms with Crippen LogP contribution in [0.25, 0.3) is 11.4 Å². The van der Waals surface area contributed by atoms with Gasteiger partial charge in [0.05, 0.1) is 9.92 Å². The Balaban J connectivity index is 2.63. The molecule has 16 heavy (non-hydrogen) atoms. The third-order valence-corrected chi connectivity index (χ3v) is 3.49. The summed E-state index contributed by atoms with van der Waals surface area (Å²) in [5, 5.41) is 13.3. The molecule has 0 aliphatic carbocycles. The molecule has 0 aliphatic heterocycles. The summed E-state index contributed by atoms with van der Waals surface area (Å²) in [6, 6.07) is 3.99. The van der Waals surface area contributed by atoms with E-state index >= 15 is 0 Å². The molecule has 0 fully saturated rings. The maximum Gasteiger partial charge on any atom is 0.261 e. The van der Waals surface area contributed by atoms with E-state index in [1.165, 1.54) is 18.2 Å². The first kappa shape index (κ1) is 11.3. The van der Waals surface area contributed by atoms with E-state index in [1.54, 1.807) is 0 Å². The largest absolute Gasteiger partial charge is 0.261 e. The molecule has 84 valence electrons. The Hall–Kier alpha value is -1.18. The summed E-state index contributed by atoms with van der Waals surface area (Å²) in [5.74, 6) is 0.201. The maximum atomic E-state index is 11.1. The molecule has 2 rings (SSSR count). The van der Waals surface area contributed by atoms with Gasteiger partial charge in [-0.3, -0.25) is 0 Å². The number of tetrazole rings is 1. The molecule has 0 saturated carbocycles. The summed E-state index contributed by atoms with van der Waals surface area (Å²) in [5.41, 5.74) is 0.345. The highest BCUT2D eigenvalue weighted by Gasteiger charge is 2.15. The van der Waals surface area contributed by atoms with Crippen molar-refractivity contribution in [1.82, 2.24) is 20.6 Å². The Morgan fingerprint density at radius 3 is 2.62 bits per heavy atom. The third-order valence-electron chi connectivity index (χ3n) is 1.81. The lowest BCUT2D eigenvalue weighted by molar-refractivity contribution is 0.609. The summed E-state index contributed by atoms with van der Waals surface area (Å²) in [7, 11) is 1.40. The molecule has 1 aromatic heterocycles. The van der Waals surface area contributed by atoms with Crippen LogP contribution in [0.4, 0.5) is 0 Å². The fourth-order valence-corrected chi connectivity index (χ4v) is 2.08. The van der Waals surface area contributed by atoms with E-state index in [0.717, 1.165) is 0 Å². The van der Waals surface area contributed by atoms with E-state index in [9.17, 15) is 8.42 Å². The molecule has 0 spiro atoms. The van der Waals surface area contributed by atoms with Crippen LogP contribution in [-0.2, 0) is 9.05 Å². The molecule has 0 amide bonds. The standard InChI is InChI=1S/C7H4Cl2N4O2S/c8-6-2-1-4(16(9,14)15)3-5(6)7-10-12-13-11-7/h1-3H,(H,10,11,12,13). The third kappa shape index (κ3) is 2.16. The van der Waals surface area contributed by atoms with Gasteiger partial charge in [0.2, 0.25) is 5.82 Å². The van der Waals surface area contributed by atoms with Gasteiger partial charge in [-0.05, 0) is 23.4 Å². The molecule has 0 unspecified atom stereocenters. The second-order valence-corrected chi connectivity index (χ2v) is 5.79. The van der Waals surface area contributed by atoms with Crippen molar-refractivity contribution >= 4 is 31.3 Å². The lowest BCUT2D eigenvalue weighted by Gasteiger charge is -2.01. The van der Waals surface area contributed by atoms with Gasteiger partial charge in [0.25, 0.3) is 9.05 Å². The number of halogens is 2. The monoisotopic (exact) mass is 278 g/mol. The summed E-state index contributed by atoms with van der Waals surface area (Å²) < 4.78 is 22.2. The van der Waals surface area contributed by atoms with Gasteiger partial charge in [-0.25, -0.2) is 8.42 Å². The zero-order chi connectivity index (χ0) is 11.8.